The van der Waals surface area contributed by atoms with Crippen LogP contribution < -0.4 is 20.2 Å². The quantitative estimate of drug-likeness (QED) is 0.451. The largest absolute Gasteiger partial charge is 0.493 e. The van der Waals surface area contributed by atoms with E-state index in [4.69, 9.17) is 21.7 Å². The highest BCUT2D eigenvalue weighted by Crippen LogP contribution is 2.28. The molecular weight excluding hydrogens is 334 g/mol. The highest BCUT2D eigenvalue weighted by Gasteiger charge is 2.08. The standard InChI is InChI=1S/C19H23N3O2S/c1-4-16(15-10-11-17(23-2)18(12-15)24-3)21-22-19(25)20-13-14-8-6-5-7-9-14/h5-12H,4,13H2,1-3H3,(H2,20,22,25)/b21-16+. The van der Waals surface area contributed by atoms with Gasteiger partial charge in [-0.25, -0.2) is 0 Å². The number of thiocarbonyl (C=S) groups is 1. The molecule has 0 saturated heterocycles. The Labute approximate surface area is 154 Å². The first-order valence-corrected chi connectivity index (χ1v) is 8.45. The first kappa shape index (κ1) is 18.7. The second-order valence-electron chi connectivity index (χ2n) is 5.26. The van der Waals surface area contributed by atoms with Crippen molar-refractivity contribution in [1.29, 1.82) is 0 Å². The lowest BCUT2D eigenvalue weighted by Crippen LogP contribution is -2.32. The van der Waals surface area contributed by atoms with Gasteiger partial charge in [0, 0.05) is 12.1 Å². The van der Waals surface area contributed by atoms with Gasteiger partial charge in [0.15, 0.2) is 16.6 Å². The van der Waals surface area contributed by atoms with Crippen molar-refractivity contribution in [2.45, 2.75) is 19.9 Å². The summed E-state index contributed by atoms with van der Waals surface area (Å²) in [7, 11) is 3.23. The number of hydrazone groups is 1. The molecule has 0 aliphatic carbocycles. The molecule has 5 nitrogen and oxygen atoms in total. The van der Waals surface area contributed by atoms with Crippen LogP contribution in [0, 0.1) is 0 Å². The number of hydrogen-bond acceptors (Lipinski definition) is 4. The number of nitrogens with one attached hydrogen (secondary N) is 2. The van der Waals surface area contributed by atoms with Gasteiger partial charge in [-0.2, -0.15) is 5.10 Å². The topological polar surface area (TPSA) is 54.9 Å². The third-order valence-corrected chi connectivity index (χ3v) is 3.88. The number of methoxy groups -OCH3 is 2. The molecule has 0 aliphatic heterocycles. The molecule has 25 heavy (non-hydrogen) atoms. The van der Waals surface area contributed by atoms with Gasteiger partial charge in [-0.15, -0.1) is 0 Å². The fraction of sp³-hybridized carbons (Fsp3) is 0.263. The van der Waals surface area contributed by atoms with Crippen molar-refractivity contribution >= 4 is 23.0 Å². The van der Waals surface area contributed by atoms with Gasteiger partial charge in [0.25, 0.3) is 0 Å². The summed E-state index contributed by atoms with van der Waals surface area (Å²) in [5.74, 6) is 1.36. The van der Waals surface area contributed by atoms with E-state index in [0.29, 0.717) is 23.2 Å². The molecule has 0 atom stereocenters. The van der Waals surface area contributed by atoms with Crippen LogP contribution >= 0.6 is 12.2 Å². The number of hydrogen-bond donors (Lipinski definition) is 2. The van der Waals surface area contributed by atoms with Crippen LogP contribution in [0.15, 0.2) is 53.6 Å². The van der Waals surface area contributed by atoms with Crippen molar-refractivity contribution in [3.05, 3.63) is 59.7 Å². The van der Waals surface area contributed by atoms with Crippen LogP contribution in [0.2, 0.25) is 0 Å². The minimum absolute atomic E-state index is 0.482. The normalized spacial score (nSPS) is 10.9. The zero-order chi connectivity index (χ0) is 18.1. The molecule has 0 aromatic heterocycles. The minimum atomic E-state index is 0.482. The summed E-state index contributed by atoms with van der Waals surface area (Å²) >= 11 is 5.28. The third kappa shape index (κ3) is 5.46. The Morgan fingerprint density at radius 2 is 1.76 bits per heavy atom. The predicted molar refractivity (Wildman–Crippen MR) is 105 cm³/mol. The van der Waals surface area contributed by atoms with E-state index in [1.807, 2.05) is 55.5 Å². The van der Waals surface area contributed by atoms with Crippen LogP contribution in [-0.2, 0) is 6.54 Å². The average molecular weight is 357 g/mol. The highest BCUT2D eigenvalue weighted by atomic mass is 32.1. The van der Waals surface area contributed by atoms with Gasteiger partial charge in [0.05, 0.1) is 19.9 Å². The molecule has 0 aliphatic rings. The van der Waals surface area contributed by atoms with Gasteiger partial charge in [-0.1, -0.05) is 37.3 Å². The van der Waals surface area contributed by atoms with Crippen LogP contribution in [0.1, 0.15) is 24.5 Å². The molecule has 0 spiro atoms. The predicted octanol–water partition coefficient (Wildman–Crippen LogP) is 3.48. The second-order valence-corrected chi connectivity index (χ2v) is 5.67. The SMILES string of the molecule is CC/C(=N\NC(=S)NCc1ccccc1)c1ccc(OC)c(OC)c1. The van der Waals surface area contributed by atoms with E-state index in [1.165, 1.54) is 0 Å². The lowest BCUT2D eigenvalue weighted by molar-refractivity contribution is 0.355. The van der Waals surface area contributed by atoms with E-state index in [-0.39, 0.29) is 0 Å². The maximum Gasteiger partial charge on any atom is 0.187 e. The molecule has 0 radical (unpaired) electrons. The Morgan fingerprint density at radius 3 is 2.40 bits per heavy atom. The van der Waals surface area contributed by atoms with E-state index in [1.54, 1.807) is 14.2 Å². The van der Waals surface area contributed by atoms with Crippen molar-refractivity contribution in [2.75, 3.05) is 14.2 Å². The Hall–Kier alpha value is -2.60. The molecule has 132 valence electrons. The maximum absolute atomic E-state index is 5.35. The molecule has 6 heteroatoms. The van der Waals surface area contributed by atoms with E-state index >= 15 is 0 Å². The molecule has 2 aromatic carbocycles. The van der Waals surface area contributed by atoms with Crippen LogP contribution in [-0.4, -0.2) is 25.0 Å². The van der Waals surface area contributed by atoms with E-state index in [2.05, 4.69) is 15.8 Å². The smallest absolute Gasteiger partial charge is 0.187 e. The van der Waals surface area contributed by atoms with E-state index < -0.39 is 0 Å². The summed E-state index contributed by atoms with van der Waals surface area (Å²) < 4.78 is 10.6. The Balaban J connectivity index is 2.01. The van der Waals surface area contributed by atoms with Crippen molar-refractivity contribution in [1.82, 2.24) is 10.7 Å². The second kappa shape index (κ2) is 9.64. The van der Waals surface area contributed by atoms with Crippen molar-refractivity contribution in [3.8, 4) is 11.5 Å². The maximum atomic E-state index is 5.35. The molecule has 2 N–H and O–H groups in total. The summed E-state index contributed by atoms with van der Waals surface area (Å²) in [6, 6.07) is 15.8. The number of nitrogens with zero attached hydrogens (tertiary/aromatic N) is 1. The zero-order valence-electron chi connectivity index (χ0n) is 14.7. The van der Waals surface area contributed by atoms with Crippen LogP contribution in [0.4, 0.5) is 0 Å². The molecule has 2 rings (SSSR count). The van der Waals surface area contributed by atoms with Crippen LogP contribution in [0.3, 0.4) is 0 Å². The molecule has 0 unspecified atom stereocenters. The lowest BCUT2D eigenvalue weighted by atomic mass is 10.1. The van der Waals surface area contributed by atoms with Gasteiger partial charge in [-0.3, -0.25) is 5.43 Å². The third-order valence-electron chi connectivity index (χ3n) is 3.64. The first-order chi connectivity index (χ1) is 12.2. The first-order valence-electron chi connectivity index (χ1n) is 8.04. The summed E-state index contributed by atoms with van der Waals surface area (Å²) in [5, 5.41) is 8.04. The Bertz CT molecular complexity index is 733. The molecule has 0 bridgehead atoms. The summed E-state index contributed by atoms with van der Waals surface area (Å²) in [6.07, 6.45) is 0.754. The van der Waals surface area contributed by atoms with Crippen LogP contribution in [0.5, 0.6) is 11.5 Å². The van der Waals surface area contributed by atoms with E-state index in [0.717, 1.165) is 23.3 Å². The monoisotopic (exact) mass is 357 g/mol. The fourth-order valence-corrected chi connectivity index (χ4v) is 2.42. The van der Waals surface area contributed by atoms with Gasteiger partial charge in [0.1, 0.15) is 0 Å². The molecule has 0 heterocycles. The Morgan fingerprint density at radius 1 is 1.04 bits per heavy atom. The molecule has 2 aromatic rings. The molecule has 0 saturated carbocycles. The van der Waals surface area contributed by atoms with Crippen molar-refractivity contribution in [2.24, 2.45) is 5.10 Å². The van der Waals surface area contributed by atoms with Gasteiger partial charge in [0.2, 0.25) is 0 Å². The summed E-state index contributed by atoms with van der Waals surface area (Å²) in [6.45, 7) is 2.69. The van der Waals surface area contributed by atoms with Gasteiger partial charge in [-0.05, 0) is 42.4 Å². The average Bonchev–Trinajstić information content (AvgIpc) is 2.67. The minimum Gasteiger partial charge on any atom is -0.493 e. The fourth-order valence-electron chi connectivity index (χ4n) is 2.30. The summed E-state index contributed by atoms with van der Waals surface area (Å²) in [5.41, 5.74) is 5.90. The van der Waals surface area contributed by atoms with E-state index in [9.17, 15) is 0 Å². The van der Waals surface area contributed by atoms with Crippen LogP contribution in [0.25, 0.3) is 0 Å². The zero-order valence-corrected chi connectivity index (χ0v) is 15.5. The molecular formula is C19H23N3O2S. The van der Waals surface area contributed by atoms with Gasteiger partial charge >= 0.3 is 0 Å². The number of rotatable bonds is 7. The molecule has 0 amide bonds. The lowest BCUT2D eigenvalue weighted by Gasteiger charge is -2.12. The van der Waals surface area contributed by atoms with Crippen molar-refractivity contribution in [3.63, 3.8) is 0 Å². The Kier molecular flexibility index (Phi) is 7.22. The number of ether oxygens (including phenoxy) is 2. The highest BCUT2D eigenvalue weighted by molar-refractivity contribution is 7.80. The van der Waals surface area contributed by atoms with Gasteiger partial charge < -0.3 is 14.8 Å². The summed E-state index contributed by atoms with van der Waals surface area (Å²) in [4.78, 5) is 0. The molecule has 0 fully saturated rings. The number of benzene rings is 2. The van der Waals surface area contributed by atoms with Crippen molar-refractivity contribution < 1.29 is 9.47 Å².